The topological polar surface area (TPSA) is 66.8 Å². The van der Waals surface area contributed by atoms with Crippen LogP contribution in [0, 0.1) is 5.41 Å². The Morgan fingerprint density at radius 3 is 2.44 bits per heavy atom. The van der Waals surface area contributed by atoms with Crippen LogP contribution in [0.25, 0.3) is 0 Å². The van der Waals surface area contributed by atoms with Crippen LogP contribution in [0.15, 0.2) is 58.7 Å². The van der Waals surface area contributed by atoms with Crippen LogP contribution in [0.2, 0.25) is 0 Å². The number of ether oxygens (including phenoxy) is 1. The van der Waals surface area contributed by atoms with Gasteiger partial charge in [0, 0.05) is 6.08 Å². The van der Waals surface area contributed by atoms with Gasteiger partial charge in [-0.2, -0.15) is 0 Å². The summed E-state index contributed by atoms with van der Waals surface area (Å²) in [6.07, 6.45) is 14.2. The number of allylic oxidation sites excluding steroid dienone is 9. The molecule has 1 rings (SSSR count). The summed E-state index contributed by atoms with van der Waals surface area (Å²) in [4.78, 5) is 11.7. The average molecular weight is 375 g/mol. The number of aliphatic hydroxyl groups is 2. The fourth-order valence-corrected chi connectivity index (χ4v) is 3.20. The van der Waals surface area contributed by atoms with Gasteiger partial charge in [-0.25, -0.2) is 4.79 Å². The maximum absolute atomic E-state index is 11.7. The first-order chi connectivity index (χ1) is 12.7. The first-order valence-corrected chi connectivity index (χ1v) is 9.53. The molecule has 0 fully saturated rings. The molecule has 0 radical (unpaired) electrons. The summed E-state index contributed by atoms with van der Waals surface area (Å²) in [5.74, 6) is -0.576. The molecular weight excluding hydrogens is 340 g/mol. The predicted octanol–water partition coefficient (Wildman–Crippen LogP) is 4.41. The van der Waals surface area contributed by atoms with Gasteiger partial charge in [0.2, 0.25) is 0 Å². The van der Waals surface area contributed by atoms with Crippen molar-refractivity contribution >= 4 is 5.97 Å². The average Bonchev–Trinajstić information content (AvgIpc) is 2.58. The smallest absolute Gasteiger partial charge is 0.331 e. The Morgan fingerprint density at radius 1 is 1.19 bits per heavy atom. The van der Waals surface area contributed by atoms with Crippen LogP contribution in [-0.2, 0) is 9.53 Å². The lowest BCUT2D eigenvalue weighted by molar-refractivity contribution is -0.147. The molecule has 0 aromatic heterocycles. The minimum atomic E-state index is -0.875. The normalized spacial score (nSPS) is 18.8. The Morgan fingerprint density at radius 2 is 1.85 bits per heavy atom. The van der Waals surface area contributed by atoms with Crippen LogP contribution in [0.5, 0.6) is 0 Å². The molecule has 0 saturated carbocycles. The van der Waals surface area contributed by atoms with E-state index in [1.54, 1.807) is 6.92 Å². The van der Waals surface area contributed by atoms with Gasteiger partial charge in [-0.15, -0.1) is 0 Å². The van der Waals surface area contributed by atoms with E-state index in [-0.39, 0.29) is 5.41 Å². The molecule has 4 nitrogen and oxygen atoms in total. The molecule has 0 spiro atoms. The van der Waals surface area contributed by atoms with Crippen LogP contribution < -0.4 is 0 Å². The third kappa shape index (κ3) is 8.10. The molecule has 2 N–H and O–H groups in total. The number of aliphatic hydroxyl groups excluding tert-OH is 2. The van der Waals surface area contributed by atoms with E-state index in [1.807, 2.05) is 25.2 Å². The van der Waals surface area contributed by atoms with Crippen molar-refractivity contribution in [2.75, 3.05) is 13.2 Å². The van der Waals surface area contributed by atoms with Crippen molar-refractivity contribution in [3.63, 3.8) is 0 Å². The maximum Gasteiger partial charge on any atom is 0.331 e. The van der Waals surface area contributed by atoms with Crippen LogP contribution in [-0.4, -0.2) is 35.5 Å². The molecule has 0 bridgehead atoms. The molecule has 0 aliphatic heterocycles. The van der Waals surface area contributed by atoms with Crippen molar-refractivity contribution in [2.24, 2.45) is 5.41 Å². The Kier molecular flexibility index (Phi) is 9.47. The van der Waals surface area contributed by atoms with Gasteiger partial charge >= 0.3 is 5.97 Å². The van der Waals surface area contributed by atoms with Gasteiger partial charge in [0.1, 0.15) is 6.10 Å². The standard InChI is InChI=1S/C23H34O4/c1-17(11-12-21-19(3)10-7-13-23(21,4)5)8-6-9-18(2)14-22(26)27-20(15-24)16-25/h6,8-9,11-12,14,20,24-25H,7,10,13,15-16H2,1-5H3/b9-6+,12-11+,17-8+,18-14+. The highest BCUT2D eigenvalue weighted by atomic mass is 16.6. The Bertz CT molecular complexity index is 656. The van der Waals surface area contributed by atoms with E-state index >= 15 is 0 Å². The van der Waals surface area contributed by atoms with Crippen molar-refractivity contribution in [3.05, 3.63) is 58.7 Å². The molecular formula is C23H34O4. The van der Waals surface area contributed by atoms with E-state index in [0.29, 0.717) is 0 Å². The summed E-state index contributed by atoms with van der Waals surface area (Å²) in [7, 11) is 0. The third-order valence-electron chi connectivity index (χ3n) is 4.81. The largest absolute Gasteiger partial charge is 0.454 e. The summed E-state index contributed by atoms with van der Waals surface area (Å²) < 4.78 is 4.90. The maximum atomic E-state index is 11.7. The molecule has 1 aliphatic rings. The van der Waals surface area contributed by atoms with Gasteiger partial charge in [0.25, 0.3) is 0 Å². The number of carbonyl (C=O) groups excluding carboxylic acids is 1. The highest BCUT2D eigenvalue weighted by Gasteiger charge is 2.26. The molecule has 27 heavy (non-hydrogen) atoms. The lowest BCUT2D eigenvalue weighted by Crippen LogP contribution is -2.24. The Hall–Kier alpha value is -1.91. The number of hydrogen-bond acceptors (Lipinski definition) is 4. The first kappa shape index (κ1) is 23.1. The van der Waals surface area contributed by atoms with E-state index in [0.717, 1.165) is 11.1 Å². The second-order valence-corrected chi connectivity index (χ2v) is 7.85. The van der Waals surface area contributed by atoms with Crippen molar-refractivity contribution in [2.45, 2.75) is 60.0 Å². The number of rotatable bonds is 8. The molecule has 0 atom stereocenters. The van der Waals surface area contributed by atoms with E-state index in [2.05, 4.69) is 32.9 Å². The zero-order valence-corrected chi connectivity index (χ0v) is 17.3. The first-order valence-electron chi connectivity index (χ1n) is 9.53. The number of hydrogen-bond donors (Lipinski definition) is 2. The van der Waals surface area contributed by atoms with Gasteiger partial charge in [-0.3, -0.25) is 0 Å². The number of carbonyl (C=O) groups is 1. The van der Waals surface area contributed by atoms with Crippen molar-refractivity contribution in [1.82, 2.24) is 0 Å². The van der Waals surface area contributed by atoms with Gasteiger partial charge in [-0.1, -0.05) is 55.4 Å². The molecule has 0 saturated heterocycles. The lowest BCUT2D eigenvalue weighted by atomic mass is 9.72. The molecule has 4 heteroatoms. The predicted molar refractivity (Wildman–Crippen MR) is 110 cm³/mol. The van der Waals surface area contributed by atoms with Crippen molar-refractivity contribution < 1.29 is 19.7 Å². The van der Waals surface area contributed by atoms with Gasteiger partial charge in [0.05, 0.1) is 13.2 Å². The molecule has 0 amide bonds. The molecule has 0 aromatic rings. The van der Waals surface area contributed by atoms with Gasteiger partial charge < -0.3 is 14.9 Å². The van der Waals surface area contributed by atoms with Crippen molar-refractivity contribution in [3.8, 4) is 0 Å². The minimum Gasteiger partial charge on any atom is -0.454 e. The van der Waals surface area contributed by atoms with E-state index in [1.165, 1.54) is 36.5 Å². The monoisotopic (exact) mass is 374 g/mol. The van der Waals surface area contributed by atoms with Crippen LogP contribution in [0.3, 0.4) is 0 Å². The minimum absolute atomic E-state index is 0.232. The highest BCUT2D eigenvalue weighted by Crippen LogP contribution is 2.40. The summed E-state index contributed by atoms with van der Waals surface area (Å²) in [5, 5.41) is 17.8. The van der Waals surface area contributed by atoms with E-state index in [4.69, 9.17) is 14.9 Å². The highest BCUT2D eigenvalue weighted by molar-refractivity contribution is 5.83. The zero-order chi connectivity index (χ0) is 20.4. The summed E-state index contributed by atoms with van der Waals surface area (Å²) in [6, 6.07) is 0. The fraction of sp³-hybridized carbons (Fsp3) is 0.522. The van der Waals surface area contributed by atoms with Crippen LogP contribution in [0.1, 0.15) is 53.9 Å². The quantitative estimate of drug-likeness (QED) is 0.375. The molecule has 0 heterocycles. The summed E-state index contributed by atoms with van der Waals surface area (Å²) in [5.41, 5.74) is 5.01. The second kappa shape index (κ2) is 11.1. The SMILES string of the molecule is CC1=C(/C=C/C(C)=C/C=C/C(C)=C/C(=O)OC(CO)CO)C(C)(C)CCC1. The Labute approximate surface area is 163 Å². The Balaban J connectivity index is 2.70. The summed E-state index contributed by atoms with van der Waals surface area (Å²) >= 11 is 0. The molecule has 0 aromatic carbocycles. The van der Waals surface area contributed by atoms with E-state index in [9.17, 15) is 4.79 Å². The van der Waals surface area contributed by atoms with E-state index < -0.39 is 25.3 Å². The second-order valence-electron chi connectivity index (χ2n) is 7.85. The molecule has 150 valence electrons. The lowest BCUT2D eigenvalue weighted by Gasteiger charge is -2.32. The molecule has 0 unspecified atom stereocenters. The van der Waals surface area contributed by atoms with Crippen LogP contribution in [0.4, 0.5) is 0 Å². The van der Waals surface area contributed by atoms with Gasteiger partial charge in [0.15, 0.2) is 0 Å². The summed E-state index contributed by atoms with van der Waals surface area (Å²) in [6.45, 7) is 9.89. The fourth-order valence-electron chi connectivity index (χ4n) is 3.20. The van der Waals surface area contributed by atoms with Crippen molar-refractivity contribution in [1.29, 1.82) is 0 Å². The number of esters is 1. The zero-order valence-electron chi connectivity index (χ0n) is 17.3. The molecule has 1 aliphatic carbocycles. The van der Waals surface area contributed by atoms with Gasteiger partial charge in [-0.05, 0) is 56.6 Å². The van der Waals surface area contributed by atoms with Crippen LogP contribution >= 0.6 is 0 Å². The third-order valence-corrected chi connectivity index (χ3v) is 4.81.